The summed E-state index contributed by atoms with van der Waals surface area (Å²) in [6, 6.07) is 11.5. The maximum atomic E-state index is 6.19. The summed E-state index contributed by atoms with van der Waals surface area (Å²) >= 11 is 6.19. The number of nitrogens with zero attached hydrogens (tertiary/aromatic N) is 3. The second kappa shape index (κ2) is 3.99. The number of aromatic nitrogens is 3. The van der Waals surface area contributed by atoms with Crippen molar-refractivity contribution < 1.29 is 0 Å². The van der Waals surface area contributed by atoms with Crippen molar-refractivity contribution in [2.75, 3.05) is 5.73 Å². The van der Waals surface area contributed by atoms with E-state index in [-0.39, 0.29) is 0 Å². The smallest absolute Gasteiger partial charge is 0.185 e. The number of nitrogens with two attached hydrogens (primary N) is 1. The fourth-order valence-corrected chi connectivity index (χ4v) is 2.18. The minimum atomic E-state index is 0.542. The summed E-state index contributed by atoms with van der Waals surface area (Å²) in [4.78, 5) is 0. The van der Waals surface area contributed by atoms with Crippen LogP contribution in [0, 0.1) is 6.92 Å². The lowest BCUT2D eigenvalue weighted by Gasteiger charge is -2.04. The molecule has 0 aliphatic heterocycles. The average Bonchev–Trinajstić information content (AvgIpc) is 2.80. The molecule has 4 nitrogen and oxygen atoms in total. The van der Waals surface area contributed by atoms with Gasteiger partial charge in [0.2, 0.25) is 0 Å². The molecule has 18 heavy (non-hydrogen) atoms. The van der Waals surface area contributed by atoms with Gasteiger partial charge < -0.3 is 5.73 Å². The predicted molar refractivity (Wildman–Crippen MR) is 72.6 cm³/mol. The Kier molecular flexibility index (Phi) is 2.45. The third kappa shape index (κ3) is 1.62. The fourth-order valence-electron chi connectivity index (χ4n) is 1.95. The van der Waals surface area contributed by atoms with E-state index in [1.54, 1.807) is 16.5 Å². The van der Waals surface area contributed by atoms with Crippen LogP contribution in [0.5, 0.6) is 0 Å². The third-order valence-electron chi connectivity index (χ3n) is 2.81. The Labute approximate surface area is 109 Å². The zero-order chi connectivity index (χ0) is 12.7. The highest BCUT2D eigenvalue weighted by atomic mass is 35.5. The van der Waals surface area contributed by atoms with Crippen LogP contribution in [-0.2, 0) is 0 Å². The van der Waals surface area contributed by atoms with Crippen LogP contribution in [0.3, 0.4) is 0 Å². The standard InChI is InChI=1S/C13H11ClN4/c1-8-3-2-4-9(7-8)12-16-17-13-10(15)5-6-11(14)18(12)13/h2-7H,15H2,1H3. The van der Waals surface area contributed by atoms with Gasteiger partial charge in [-0.15, -0.1) is 10.2 Å². The van der Waals surface area contributed by atoms with Gasteiger partial charge in [-0.25, -0.2) is 0 Å². The van der Waals surface area contributed by atoms with Gasteiger partial charge in [0, 0.05) is 5.56 Å². The summed E-state index contributed by atoms with van der Waals surface area (Å²) in [5.41, 5.74) is 9.13. The van der Waals surface area contributed by atoms with Gasteiger partial charge >= 0.3 is 0 Å². The topological polar surface area (TPSA) is 56.2 Å². The molecule has 1 aromatic carbocycles. The Morgan fingerprint density at radius 3 is 2.78 bits per heavy atom. The minimum absolute atomic E-state index is 0.542. The van der Waals surface area contributed by atoms with Gasteiger partial charge in [-0.05, 0) is 25.1 Å². The van der Waals surface area contributed by atoms with Crippen LogP contribution in [0.2, 0.25) is 5.15 Å². The number of hydrogen-bond donors (Lipinski definition) is 1. The van der Waals surface area contributed by atoms with E-state index in [0.717, 1.165) is 11.1 Å². The monoisotopic (exact) mass is 258 g/mol. The molecule has 2 N–H and O–H groups in total. The van der Waals surface area contributed by atoms with Gasteiger partial charge in [0.1, 0.15) is 5.15 Å². The van der Waals surface area contributed by atoms with Crippen LogP contribution in [-0.4, -0.2) is 14.6 Å². The Balaban J connectivity index is 2.34. The molecule has 0 saturated heterocycles. The van der Waals surface area contributed by atoms with E-state index >= 15 is 0 Å². The molecule has 0 atom stereocenters. The Morgan fingerprint density at radius 2 is 2.00 bits per heavy atom. The van der Waals surface area contributed by atoms with Crippen LogP contribution in [0.15, 0.2) is 36.4 Å². The molecule has 0 aliphatic rings. The van der Waals surface area contributed by atoms with E-state index < -0.39 is 0 Å². The van der Waals surface area contributed by atoms with Crippen molar-refractivity contribution in [3.05, 3.63) is 47.1 Å². The molecule has 2 aromatic heterocycles. The van der Waals surface area contributed by atoms with Gasteiger partial charge in [0.05, 0.1) is 5.69 Å². The maximum absolute atomic E-state index is 6.19. The first-order chi connectivity index (χ1) is 8.66. The highest BCUT2D eigenvalue weighted by Crippen LogP contribution is 2.25. The third-order valence-corrected chi connectivity index (χ3v) is 3.11. The number of hydrogen-bond acceptors (Lipinski definition) is 3. The van der Waals surface area contributed by atoms with Crippen LogP contribution in [0.4, 0.5) is 5.69 Å². The lowest BCUT2D eigenvalue weighted by Crippen LogP contribution is -1.95. The van der Waals surface area contributed by atoms with Crippen LogP contribution in [0.25, 0.3) is 17.0 Å². The van der Waals surface area contributed by atoms with Crippen LogP contribution >= 0.6 is 11.6 Å². The molecule has 0 amide bonds. The number of nitrogen functional groups attached to an aromatic ring is 1. The molecule has 0 bridgehead atoms. The second-order valence-electron chi connectivity index (χ2n) is 4.16. The summed E-state index contributed by atoms with van der Waals surface area (Å²) in [6.45, 7) is 2.03. The van der Waals surface area contributed by atoms with E-state index in [9.17, 15) is 0 Å². The van der Waals surface area contributed by atoms with Crippen molar-refractivity contribution in [3.63, 3.8) is 0 Å². The molecule has 0 aliphatic carbocycles. The molecular weight excluding hydrogens is 248 g/mol. The molecule has 0 fully saturated rings. The minimum Gasteiger partial charge on any atom is -0.396 e. The molecule has 0 unspecified atom stereocenters. The summed E-state index contributed by atoms with van der Waals surface area (Å²) < 4.78 is 1.76. The zero-order valence-corrected chi connectivity index (χ0v) is 10.5. The lowest BCUT2D eigenvalue weighted by atomic mass is 10.1. The van der Waals surface area contributed by atoms with E-state index in [1.807, 2.05) is 31.2 Å². The first-order valence-electron chi connectivity index (χ1n) is 5.53. The molecule has 0 spiro atoms. The summed E-state index contributed by atoms with van der Waals surface area (Å²) in [6.07, 6.45) is 0. The Morgan fingerprint density at radius 1 is 1.17 bits per heavy atom. The van der Waals surface area contributed by atoms with Crippen molar-refractivity contribution in [1.29, 1.82) is 0 Å². The van der Waals surface area contributed by atoms with Crippen molar-refractivity contribution in [1.82, 2.24) is 14.6 Å². The molecule has 3 rings (SSSR count). The van der Waals surface area contributed by atoms with E-state index in [4.69, 9.17) is 17.3 Å². The number of pyridine rings is 1. The SMILES string of the molecule is Cc1cccc(-c2nnc3c(N)ccc(Cl)n23)c1. The molecule has 0 saturated carbocycles. The Bertz CT molecular complexity index is 733. The van der Waals surface area contributed by atoms with Crippen molar-refractivity contribution >= 4 is 22.9 Å². The maximum Gasteiger partial charge on any atom is 0.185 e. The summed E-state index contributed by atoms with van der Waals surface area (Å²) in [7, 11) is 0. The van der Waals surface area contributed by atoms with Gasteiger partial charge in [-0.3, -0.25) is 4.40 Å². The normalized spacial score (nSPS) is 11.0. The van der Waals surface area contributed by atoms with Crippen LogP contribution < -0.4 is 5.73 Å². The zero-order valence-electron chi connectivity index (χ0n) is 9.76. The first kappa shape index (κ1) is 11.0. The van der Waals surface area contributed by atoms with Crippen molar-refractivity contribution in [2.24, 2.45) is 0 Å². The van der Waals surface area contributed by atoms with Gasteiger partial charge in [0.15, 0.2) is 11.5 Å². The number of halogens is 1. The summed E-state index contributed by atoms with van der Waals surface area (Å²) in [5.74, 6) is 0.700. The predicted octanol–water partition coefficient (Wildman–Crippen LogP) is 2.94. The van der Waals surface area contributed by atoms with E-state index in [1.165, 1.54) is 0 Å². The summed E-state index contributed by atoms with van der Waals surface area (Å²) in [5, 5.41) is 8.81. The number of anilines is 1. The second-order valence-corrected chi connectivity index (χ2v) is 4.55. The van der Waals surface area contributed by atoms with Crippen molar-refractivity contribution in [3.8, 4) is 11.4 Å². The van der Waals surface area contributed by atoms with Crippen LogP contribution in [0.1, 0.15) is 5.56 Å². The molecule has 5 heteroatoms. The van der Waals surface area contributed by atoms with Gasteiger partial charge in [-0.2, -0.15) is 0 Å². The number of fused-ring (bicyclic) bond motifs is 1. The highest BCUT2D eigenvalue weighted by molar-refractivity contribution is 6.30. The number of benzene rings is 1. The van der Waals surface area contributed by atoms with Gasteiger partial charge in [-0.1, -0.05) is 35.4 Å². The molecule has 2 heterocycles. The molecule has 3 aromatic rings. The highest BCUT2D eigenvalue weighted by Gasteiger charge is 2.12. The van der Waals surface area contributed by atoms with Gasteiger partial charge in [0.25, 0.3) is 0 Å². The first-order valence-corrected chi connectivity index (χ1v) is 5.91. The fraction of sp³-hybridized carbons (Fsp3) is 0.0769. The average molecular weight is 259 g/mol. The molecule has 0 radical (unpaired) electrons. The number of rotatable bonds is 1. The van der Waals surface area contributed by atoms with E-state index in [2.05, 4.69) is 10.2 Å². The largest absolute Gasteiger partial charge is 0.396 e. The molecule has 90 valence electrons. The quantitative estimate of drug-likeness (QED) is 0.683. The van der Waals surface area contributed by atoms with E-state index in [0.29, 0.717) is 22.3 Å². The lowest BCUT2D eigenvalue weighted by molar-refractivity contribution is 1.11. The molecular formula is C13H11ClN4. The number of aryl methyl sites for hydroxylation is 1. The Hall–Kier alpha value is -2.07. The van der Waals surface area contributed by atoms with Crippen molar-refractivity contribution in [2.45, 2.75) is 6.92 Å².